The quantitative estimate of drug-likeness (QED) is 0.388. The molecule has 0 heterocycles. The molecule has 0 aromatic rings. The van der Waals surface area contributed by atoms with Gasteiger partial charge in [0.25, 0.3) is 0 Å². The molecule has 0 rings (SSSR count). The number of carboxylic acid groups (broad SMARTS) is 1. The van der Waals surface area contributed by atoms with Gasteiger partial charge in [0.2, 0.25) is 0 Å². The summed E-state index contributed by atoms with van der Waals surface area (Å²) in [5.74, 6) is 1.00. The normalized spacial score (nSPS) is 9.30. The van der Waals surface area contributed by atoms with Gasteiger partial charge in [-0.3, -0.25) is 4.72 Å². The molecular weight excluding hydrogens is 170 g/mol. The SMILES string of the molecule is CCCCSSNC(=O)O. The minimum Gasteiger partial charge on any atom is -0.464 e. The summed E-state index contributed by atoms with van der Waals surface area (Å²) in [7, 11) is 2.70. The Labute approximate surface area is 68.5 Å². The molecular formula is C5H11NO2S2. The third kappa shape index (κ3) is 7.97. The molecule has 3 nitrogen and oxygen atoms in total. The van der Waals surface area contributed by atoms with Gasteiger partial charge in [-0.15, -0.1) is 0 Å². The minimum atomic E-state index is -0.978. The monoisotopic (exact) mass is 181 g/mol. The van der Waals surface area contributed by atoms with Gasteiger partial charge < -0.3 is 5.11 Å². The van der Waals surface area contributed by atoms with Crippen molar-refractivity contribution >= 4 is 27.9 Å². The van der Waals surface area contributed by atoms with E-state index in [4.69, 9.17) is 5.11 Å². The van der Waals surface area contributed by atoms with Gasteiger partial charge in [-0.05, 0) is 6.42 Å². The second-order valence-corrected chi connectivity index (χ2v) is 3.89. The van der Waals surface area contributed by atoms with Crippen LogP contribution in [0.4, 0.5) is 4.79 Å². The Bertz CT molecular complexity index is 99.6. The molecule has 0 saturated heterocycles. The predicted molar refractivity (Wildman–Crippen MR) is 46.1 cm³/mol. The molecule has 0 aliphatic rings. The summed E-state index contributed by atoms with van der Waals surface area (Å²) in [5.41, 5.74) is 0. The molecule has 2 N–H and O–H groups in total. The highest BCUT2D eigenvalue weighted by Crippen LogP contribution is 2.18. The zero-order valence-corrected chi connectivity index (χ0v) is 7.43. The van der Waals surface area contributed by atoms with E-state index in [9.17, 15) is 4.79 Å². The molecule has 0 bridgehead atoms. The highest BCUT2D eigenvalue weighted by atomic mass is 33.1. The van der Waals surface area contributed by atoms with E-state index in [2.05, 4.69) is 11.6 Å². The fraction of sp³-hybridized carbons (Fsp3) is 0.800. The Morgan fingerprint density at radius 1 is 1.70 bits per heavy atom. The summed E-state index contributed by atoms with van der Waals surface area (Å²) >= 11 is 0. The van der Waals surface area contributed by atoms with Gasteiger partial charge in [0.05, 0.1) is 0 Å². The molecule has 0 fully saturated rings. The van der Waals surface area contributed by atoms with Crippen molar-refractivity contribution in [2.75, 3.05) is 5.75 Å². The fourth-order valence-corrected chi connectivity index (χ4v) is 1.92. The maximum Gasteiger partial charge on any atom is 0.415 e. The van der Waals surface area contributed by atoms with Crippen LogP contribution in [0.25, 0.3) is 0 Å². The molecule has 0 radical (unpaired) electrons. The third-order valence-corrected chi connectivity index (χ3v) is 2.70. The van der Waals surface area contributed by atoms with Crippen molar-refractivity contribution in [1.82, 2.24) is 4.72 Å². The maximum absolute atomic E-state index is 9.89. The summed E-state index contributed by atoms with van der Waals surface area (Å²) in [5, 5.41) is 8.12. The van der Waals surface area contributed by atoms with Gasteiger partial charge in [-0.25, -0.2) is 4.79 Å². The largest absolute Gasteiger partial charge is 0.464 e. The average molecular weight is 181 g/mol. The average Bonchev–Trinajstić information content (AvgIpc) is 1.87. The van der Waals surface area contributed by atoms with Crippen molar-refractivity contribution < 1.29 is 9.90 Å². The molecule has 1 amide bonds. The van der Waals surface area contributed by atoms with E-state index in [-0.39, 0.29) is 0 Å². The first-order valence-electron chi connectivity index (χ1n) is 3.04. The summed E-state index contributed by atoms with van der Waals surface area (Å²) < 4.78 is 2.20. The van der Waals surface area contributed by atoms with Crippen LogP contribution < -0.4 is 4.72 Å². The van der Waals surface area contributed by atoms with Crippen molar-refractivity contribution in [1.29, 1.82) is 0 Å². The fourth-order valence-electron chi connectivity index (χ4n) is 0.310. The summed E-state index contributed by atoms with van der Waals surface area (Å²) in [6.07, 6.45) is 1.31. The first kappa shape index (κ1) is 9.97. The Morgan fingerprint density at radius 2 is 2.40 bits per heavy atom. The first-order valence-corrected chi connectivity index (χ1v) is 5.36. The van der Waals surface area contributed by atoms with Crippen LogP contribution in [-0.4, -0.2) is 17.0 Å². The van der Waals surface area contributed by atoms with Gasteiger partial charge >= 0.3 is 6.09 Å². The van der Waals surface area contributed by atoms with Gasteiger partial charge in [0.15, 0.2) is 0 Å². The molecule has 0 saturated carbocycles. The van der Waals surface area contributed by atoms with Gasteiger partial charge in [0.1, 0.15) is 0 Å². The summed E-state index contributed by atoms with van der Waals surface area (Å²) in [4.78, 5) is 9.89. The number of hydrogen-bond acceptors (Lipinski definition) is 3. The Morgan fingerprint density at radius 3 is 2.90 bits per heavy atom. The van der Waals surface area contributed by atoms with Gasteiger partial charge in [-0.1, -0.05) is 24.1 Å². The lowest BCUT2D eigenvalue weighted by Gasteiger charge is -1.96. The Hall–Kier alpha value is -0.0300. The van der Waals surface area contributed by atoms with Crippen molar-refractivity contribution in [3.63, 3.8) is 0 Å². The lowest BCUT2D eigenvalue weighted by Crippen LogP contribution is -2.09. The van der Waals surface area contributed by atoms with E-state index in [1.165, 1.54) is 21.8 Å². The van der Waals surface area contributed by atoms with Crippen LogP contribution in [0.3, 0.4) is 0 Å². The highest BCUT2D eigenvalue weighted by Gasteiger charge is 1.93. The van der Waals surface area contributed by atoms with Crippen LogP contribution in [0.1, 0.15) is 19.8 Å². The Kier molecular flexibility index (Phi) is 7.06. The number of amides is 1. The second-order valence-electron chi connectivity index (χ2n) is 1.67. The minimum absolute atomic E-state index is 0.978. The van der Waals surface area contributed by atoms with E-state index in [1.54, 1.807) is 0 Å². The van der Waals surface area contributed by atoms with Crippen LogP contribution in [0.15, 0.2) is 0 Å². The molecule has 60 valence electrons. The van der Waals surface area contributed by atoms with Gasteiger partial charge in [-0.2, -0.15) is 0 Å². The van der Waals surface area contributed by atoms with Crippen molar-refractivity contribution in [2.24, 2.45) is 0 Å². The molecule has 0 aliphatic carbocycles. The van der Waals surface area contributed by atoms with E-state index >= 15 is 0 Å². The predicted octanol–water partition coefficient (Wildman–Crippen LogP) is 2.35. The number of hydrogen-bond donors (Lipinski definition) is 2. The van der Waals surface area contributed by atoms with Crippen LogP contribution >= 0.6 is 21.8 Å². The zero-order chi connectivity index (χ0) is 7.82. The van der Waals surface area contributed by atoms with Gasteiger partial charge in [0, 0.05) is 16.7 Å². The molecule has 10 heavy (non-hydrogen) atoms. The highest BCUT2D eigenvalue weighted by molar-refractivity contribution is 8.76. The van der Waals surface area contributed by atoms with E-state index in [0.717, 1.165) is 18.6 Å². The molecule has 0 atom stereocenters. The van der Waals surface area contributed by atoms with E-state index in [0.29, 0.717) is 0 Å². The van der Waals surface area contributed by atoms with Crippen LogP contribution in [0, 0.1) is 0 Å². The van der Waals surface area contributed by atoms with E-state index in [1.807, 2.05) is 0 Å². The molecule has 0 spiro atoms. The van der Waals surface area contributed by atoms with E-state index < -0.39 is 6.09 Å². The number of nitrogens with one attached hydrogen (secondary N) is 1. The zero-order valence-electron chi connectivity index (χ0n) is 5.79. The Balaban J connectivity index is 2.84. The number of rotatable bonds is 5. The first-order chi connectivity index (χ1) is 4.77. The van der Waals surface area contributed by atoms with Crippen LogP contribution in [0.5, 0.6) is 0 Å². The smallest absolute Gasteiger partial charge is 0.415 e. The van der Waals surface area contributed by atoms with Crippen molar-refractivity contribution in [3.05, 3.63) is 0 Å². The topological polar surface area (TPSA) is 49.3 Å². The van der Waals surface area contributed by atoms with Crippen molar-refractivity contribution in [3.8, 4) is 0 Å². The molecule has 0 aromatic heterocycles. The molecule has 0 unspecified atom stereocenters. The third-order valence-electron chi connectivity index (χ3n) is 0.769. The van der Waals surface area contributed by atoms with Crippen molar-refractivity contribution in [2.45, 2.75) is 19.8 Å². The summed E-state index contributed by atoms with van der Waals surface area (Å²) in [6, 6.07) is 0. The molecule has 5 heteroatoms. The lowest BCUT2D eigenvalue weighted by atomic mass is 10.4. The molecule has 0 aliphatic heterocycles. The van der Waals surface area contributed by atoms with Crippen LogP contribution in [0.2, 0.25) is 0 Å². The summed E-state index contributed by atoms with van der Waals surface area (Å²) in [6.45, 7) is 2.11. The maximum atomic E-state index is 9.89. The number of carbonyl (C=O) groups is 1. The standard InChI is InChI=1S/C5H11NO2S2/c1-2-3-4-9-10-6-5(7)8/h6H,2-4H2,1H3,(H,7,8). The van der Waals surface area contributed by atoms with Crippen LogP contribution in [-0.2, 0) is 0 Å². The number of unbranched alkanes of at least 4 members (excludes halogenated alkanes) is 1. The molecule has 0 aromatic carbocycles. The second kappa shape index (κ2) is 7.08. The lowest BCUT2D eigenvalue weighted by molar-refractivity contribution is 0.202.